The first-order chi connectivity index (χ1) is 26.4. The number of benzene rings is 2. The molecule has 1 amide bonds. The number of aliphatic hydroxyl groups is 2. The number of carbonyl (C=O) groups is 1. The van der Waals surface area contributed by atoms with Crippen molar-refractivity contribution in [3.05, 3.63) is 83.7 Å². The number of hydrogen-bond donors (Lipinski definition) is 2. The first-order valence-corrected chi connectivity index (χ1v) is 19.5. The van der Waals surface area contributed by atoms with E-state index in [1.807, 2.05) is 19.1 Å². The van der Waals surface area contributed by atoms with E-state index in [2.05, 4.69) is 23.6 Å². The number of unbranched alkanes of at least 4 members (excludes halogenated alkanes) is 2. The fourth-order valence-corrected chi connectivity index (χ4v) is 8.67. The number of aliphatic hydroxyl groups excluding tert-OH is 2. The summed E-state index contributed by atoms with van der Waals surface area (Å²) >= 11 is 0. The van der Waals surface area contributed by atoms with Gasteiger partial charge in [-0.3, -0.25) is 9.80 Å². The molecule has 2 aromatic carbocycles. The number of oxime groups is 1. The lowest BCUT2D eigenvalue weighted by atomic mass is 9.55. The Kier molecular flexibility index (Phi) is 13.7. The van der Waals surface area contributed by atoms with Crippen LogP contribution in [0.5, 0.6) is 11.5 Å². The number of carbonyl (C=O) groups excluding carboxylic acids is 1. The van der Waals surface area contributed by atoms with Crippen molar-refractivity contribution in [1.82, 2.24) is 9.80 Å². The first-order valence-electron chi connectivity index (χ1n) is 19.5. The van der Waals surface area contributed by atoms with E-state index in [1.165, 1.54) is 19.2 Å². The number of hydrogen-bond acceptors (Lipinski definition) is 10. The van der Waals surface area contributed by atoms with Crippen LogP contribution in [0.15, 0.2) is 71.9 Å². The molecule has 2 aromatic rings. The number of methoxy groups -OCH3 is 1. The number of nitrogens with zero attached hydrogens (tertiary/aromatic N) is 3. The number of fused-ring (bicyclic) bond motifs is 2. The van der Waals surface area contributed by atoms with E-state index in [1.54, 1.807) is 23.1 Å². The molecule has 11 nitrogen and oxygen atoms in total. The van der Waals surface area contributed by atoms with Crippen molar-refractivity contribution in [1.29, 1.82) is 0 Å². The molecule has 2 aliphatic carbocycles. The first kappa shape index (κ1) is 39.7. The summed E-state index contributed by atoms with van der Waals surface area (Å²) in [5, 5.41) is 24.3. The quantitative estimate of drug-likeness (QED) is 0.0682. The Hall–Kier alpha value is -3.97. The summed E-state index contributed by atoms with van der Waals surface area (Å²) in [7, 11) is 1.34. The van der Waals surface area contributed by atoms with Gasteiger partial charge in [0.2, 0.25) is 5.79 Å². The van der Waals surface area contributed by atoms with Crippen LogP contribution in [0.3, 0.4) is 0 Å². The fraction of sp³-hybridized carbons (Fsp3) is 0.571. The molecule has 0 radical (unpaired) electrons. The zero-order valence-corrected chi connectivity index (χ0v) is 31.7. The second-order valence-corrected chi connectivity index (χ2v) is 14.6. The molecular weight excluding hydrogens is 693 g/mol. The Morgan fingerprint density at radius 1 is 1.11 bits per heavy atom. The average molecular weight is 750 g/mol. The highest BCUT2D eigenvalue weighted by Crippen LogP contribution is 2.62. The van der Waals surface area contributed by atoms with E-state index >= 15 is 0 Å². The second-order valence-electron chi connectivity index (χ2n) is 14.6. The molecule has 6 atom stereocenters. The van der Waals surface area contributed by atoms with Crippen LogP contribution >= 0.6 is 0 Å². The lowest BCUT2D eigenvalue weighted by Gasteiger charge is -2.59. The van der Waals surface area contributed by atoms with Gasteiger partial charge in [0.25, 0.3) is 0 Å². The monoisotopic (exact) mass is 749 g/mol. The molecule has 2 heterocycles. The van der Waals surface area contributed by atoms with Gasteiger partial charge in [-0.05, 0) is 85.9 Å². The number of ether oxygens (including phenoxy) is 4. The van der Waals surface area contributed by atoms with Crippen molar-refractivity contribution in [2.24, 2.45) is 22.9 Å². The van der Waals surface area contributed by atoms with E-state index in [0.717, 1.165) is 62.2 Å². The molecule has 294 valence electrons. The predicted octanol–water partition coefficient (Wildman–Crippen LogP) is 6.44. The van der Waals surface area contributed by atoms with E-state index < -0.39 is 23.8 Å². The summed E-state index contributed by atoms with van der Waals surface area (Å²) in [5.74, 6) is -0.838. The van der Waals surface area contributed by atoms with Crippen LogP contribution in [0, 0.1) is 23.6 Å². The topological polar surface area (TPSA) is 122 Å². The Morgan fingerprint density at radius 2 is 1.87 bits per heavy atom. The van der Waals surface area contributed by atoms with Crippen molar-refractivity contribution < 1.29 is 43.2 Å². The minimum atomic E-state index is -1.43. The lowest BCUT2D eigenvalue weighted by molar-refractivity contribution is -0.256. The van der Waals surface area contributed by atoms with Crippen molar-refractivity contribution in [3.8, 4) is 11.5 Å². The molecule has 2 N–H and O–H groups in total. The third-order valence-electron chi connectivity index (χ3n) is 11.2. The Morgan fingerprint density at radius 3 is 2.56 bits per heavy atom. The highest BCUT2D eigenvalue weighted by Gasteiger charge is 2.65. The van der Waals surface area contributed by atoms with Gasteiger partial charge < -0.3 is 34.0 Å². The van der Waals surface area contributed by atoms with Crippen LogP contribution in [0.1, 0.15) is 68.9 Å². The number of amides is 1. The molecule has 0 aromatic heterocycles. The molecule has 1 saturated heterocycles. The number of allylic oxidation sites excluding steroid dienone is 1. The average Bonchev–Trinajstić information content (AvgIpc) is 4.02. The van der Waals surface area contributed by atoms with Gasteiger partial charge in [-0.15, -0.1) is 6.58 Å². The molecule has 6 rings (SSSR count). The van der Waals surface area contributed by atoms with Gasteiger partial charge in [-0.1, -0.05) is 42.3 Å². The minimum Gasteiger partial charge on any atom is -0.492 e. The molecule has 12 heteroatoms. The highest BCUT2D eigenvalue weighted by atomic mass is 19.1. The number of halogens is 1. The van der Waals surface area contributed by atoms with Gasteiger partial charge in [0.15, 0.2) is 0 Å². The van der Waals surface area contributed by atoms with Gasteiger partial charge in [0.1, 0.15) is 36.6 Å². The Balaban J connectivity index is 1.55. The fourth-order valence-electron chi connectivity index (χ4n) is 8.67. The van der Waals surface area contributed by atoms with E-state index in [0.29, 0.717) is 43.1 Å². The third kappa shape index (κ3) is 8.77. The molecule has 54 heavy (non-hydrogen) atoms. The van der Waals surface area contributed by atoms with Crippen LogP contribution in [0.25, 0.3) is 0 Å². The van der Waals surface area contributed by atoms with Crippen molar-refractivity contribution in [3.63, 3.8) is 0 Å². The van der Waals surface area contributed by atoms with Gasteiger partial charge in [0, 0.05) is 57.3 Å². The summed E-state index contributed by atoms with van der Waals surface area (Å²) in [6.07, 6.45) is 8.32. The van der Waals surface area contributed by atoms with Crippen molar-refractivity contribution in [2.45, 2.75) is 76.2 Å². The Bertz CT molecular complexity index is 1630. The summed E-state index contributed by atoms with van der Waals surface area (Å²) in [6, 6.07) is 11.3. The summed E-state index contributed by atoms with van der Waals surface area (Å²) in [5.41, 5.74) is 3.35. The van der Waals surface area contributed by atoms with Gasteiger partial charge >= 0.3 is 6.09 Å². The van der Waals surface area contributed by atoms with Crippen LogP contribution < -0.4 is 9.47 Å². The standard InChI is InChI=1S/C42H56FN3O8/c1-4-23-52-42-38(46(41(49)50-3)28-29-12-14-31(43)15-13-29)27-36(44-53-5-2)34-25-30(10-6-8-21-47)33(11-7-9-22-48)39(40(34)42)35-26-32(16-17-37(35)54-42)51-24-20-45-18-19-45/h4,12-17,25-26,30,33,38-40,47-48H,1,5-11,18-24,27-28H2,2-3H3. The molecule has 0 spiro atoms. The lowest BCUT2D eigenvalue weighted by Crippen LogP contribution is -2.70. The molecule has 4 aliphatic rings. The normalized spacial score (nSPS) is 26.2. The smallest absolute Gasteiger partial charge is 0.410 e. The molecule has 0 bridgehead atoms. The maximum absolute atomic E-state index is 14.1. The highest BCUT2D eigenvalue weighted by molar-refractivity contribution is 6.03. The predicted molar refractivity (Wildman–Crippen MR) is 203 cm³/mol. The van der Waals surface area contributed by atoms with Crippen LogP contribution in [-0.4, -0.2) is 103 Å². The summed E-state index contributed by atoms with van der Waals surface area (Å²) in [6.45, 7) is 10.3. The zero-order valence-electron chi connectivity index (χ0n) is 31.7. The largest absolute Gasteiger partial charge is 0.492 e. The molecule has 2 fully saturated rings. The SMILES string of the molecule is C=CCOC12Oc3ccc(OCCN4CC4)cc3C3C(CCCCO)C(CCCCO)C=C(C(=NOCC)CC1N(Cc1ccc(F)cc1)C(=O)OC)C32. The van der Waals surface area contributed by atoms with E-state index in [9.17, 15) is 19.4 Å². The molecular formula is C42H56FN3O8. The van der Waals surface area contributed by atoms with Crippen molar-refractivity contribution in [2.75, 3.05) is 59.8 Å². The van der Waals surface area contributed by atoms with Gasteiger partial charge in [0.05, 0.1) is 25.3 Å². The van der Waals surface area contributed by atoms with Gasteiger partial charge in [-0.2, -0.15) is 0 Å². The molecule has 1 saturated carbocycles. The Labute approximate surface area is 318 Å². The maximum atomic E-state index is 14.1. The van der Waals surface area contributed by atoms with Crippen molar-refractivity contribution >= 4 is 11.8 Å². The maximum Gasteiger partial charge on any atom is 0.410 e. The zero-order chi connectivity index (χ0) is 38.1. The number of rotatable bonds is 20. The van der Waals surface area contributed by atoms with Crippen LogP contribution in [-0.2, 0) is 20.9 Å². The van der Waals surface area contributed by atoms with E-state index in [-0.39, 0.29) is 56.4 Å². The minimum absolute atomic E-state index is 0.0851. The summed E-state index contributed by atoms with van der Waals surface area (Å²) < 4.78 is 40.0. The van der Waals surface area contributed by atoms with Gasteiger partial charge in [-0.25, -0.2) is 9.18 Å². The van der Waals surface area contributed by atoms with E-state index in [4.69, 9.17) is 28.9 Å². The summed E-state index contributed by atoms with van der Waals surface area (Å²) in [4.78, 5) is 23.7. The molecule has 2 aliphatic heterocycles. The molecule has 6 unspecified atom stereocenters. The van der Waals surface area contributed by atoms with Crippen LogP contribution in [0.4, 0.5) is 9.18 Å². The third-order valence-corrected chi connectivity index (χ3v) is 11.2. The van der Waals surface area contributed by atoms with Crippen LogP contribution in [0.2, 0.25) is 0 Å². The second kappa shape index (κ2) is 18.6.